The van der Waals surface area contributed by atoms with Gasteiger partial charge in [-0.1, -0.05) is 18.2 Å². The minimum Gasteiger partial charge on any atom is -0.497 e. The molecule has 1 aliphatic heterocycles. The lowest BCUT2D eigenvalue weighted by Crippen LogP contribution is -2.65. The number of anilines is 1. The summed E-state index contributed by atoms with van der Waals surface area (Å²) in [6.07, 6.45) is 2.56. The van der Waals surface area contributed by atoms with Gasteiger partial charge in [-0.05, 0) is 68.0 Å². The molecule has 4 rings (SSSR count). The normalized spacial score (nSPS) is 21.8. The lowest BCUT2D eigenvalue weighted by molar-refractivity contribution is -0.148. The molecule has 4 amide bonds. The summed E-state index contributed by atoms with van der Waals surface area (Å²) in [4.78, 5) is 43.1. The first-order valence-corrected chi connectivity index (χ1v) is 12.7. The van der Waals surface area contributed by atoms with Crippen LogP contribution in [-0.4, -0.2) is 66.1 Å². The van der Waals surface area contributed by atoms with Gasteiger partial charge in [0.05, 0.1) is 13.5 Å². The number of carbonyl (C=O) groups excluding carboxylic acids is 3. The molecule has 2 aliphatic rings. The number of methoxy groups -OCH3 is 1. The van der Waals surface area contributed by atoms with Crippen LogP contribution >= 0.6 is 0 Å². The van der Waals surface area contributed by atoms with Gasteiger partial charge < -0.3 is 26.0 Å². The maximum atomic E-state index is 13.7. The van der Waals surface area contributed by atoms with Gasteiger partial charge in [0.1, 0.15) is 11.6 Å². The number of benzene rings is 2. The monoisotopic (exact) mass is 511 g/mol. The molecular formula is C27H34FN5O4. The average Bonchev–Trinajstić information content (AvgIpc) is 2.90. The third kappa shape index (κ3) is 6.76. The quantitative estimate of drug-likeness (QED) is 0.552. The number of halogens is 1. The van der Waals surface area contributed by atoms with Gasteiger partial charge in [-0.25, -0.2) is 9.18 Å². The Hall–Kier alpha value is -3.66. The highest BCUT2D eigenvalue weighted by Gasteiger charge is 2.41. The Labute approximate surface area is 216 Å². The highest BCUT2D eigenvalue weighted by Crippen LogP contribution is 2.22. The van der Waals surface area contributed by atoms with Gasteiger partial charge in [0.15, 0.2) is 6.17 Å². The molecule has 4 N–H and O–H groups in total. The van der Waals surface area contributed by atoms with Crippen LogP contribution in [0.1, 0.15) is 37.7 Å². The van der Waals surface area contributed by atoms with Gasteiger partial charge in [0.2, 0.25) is 5.91 Å². The molecule has 1 aliphatic carbocycles. The average molecular weight is 512 g/mol. The Balaban J connectivity index is 1.54. The largest absolute Gasteiger partial charge is 0.497 e. The molecular weight excluding hydrogens is 477 g/mol. The van der Waals surface area contributed by atoms with Crippen molar-refractivity contribution in [3.05, 3.63) is 59.9 Å². The van der Waals surface area contributed by atoms with Gasteiger partial charge in [0, 0.05) is 30.9 Å². The van der Waals surface area contributed by atoms with Crippen molar-refractivity contribution >= 4 is 23.5 Å². The Morgan fingerprint density at radius 1 is 1.03 bits per heavy atom. The predicted octanol–water partition coefficient (Wildman–Crippen LogP) is 2.86. The Bertz CT molecular complexity index is 1100. The van der Waals surface area contributed by atoms with Crippen molar-refractivity contribution in [1.82, 2.24) is 15.1 Å². The summed E-state index contributed by atoms with van der Waals surface area (Å²) in [7, 11) is 1.57. The summed E-state index contributed by atoms with van der Waals surface area (Å²) >= 11 is 0. The molecule has 1 saturated carbocycles. The molecule has 1 unspecified atom stereocenters. The van der Waals surface area contributed by atoms with Crippen molar-refractivity contribution in [2.45, 2.75) is 56.8 Å². The second kappa shape index (κ2) is 12.1. The third-order valence-electron chi connectivity index (χ3n) is 6.91. The number of amides is 4. The zero-order chi connectivity index (χ0) is 26.4. The van der Waals surface area contributed by atoms with E-state index in [-0.39, 0.29) is 36.6 Å². The van der Waals surface area contributed by atoms with Crippen LogP contribution in [0.4, 0.5) is 14.9 Å². The fourth-order valence-electron chi connectivity index (χ4n) is 4.90. The molecule has 1 heterocycles. The van der Waals surface area contributed by atoms with Crippen molar-refractivity contribution < 1.29 is 23.5 Å². The lowest BCUT2D eigenvalue weighted by Gasteiger charge is -2.43. The number of nitrogens with two attached hydrogens (primary N) is 1. The van der Waals surface area contributed by atoms with Crippen LogP contribution in [0.3, 0.4) is 0 Å². The SMILES string of the molecule is COc1ccc(CC(=O)N2CCCN(C(=O)Nc3cccc(F)c3)C2C(=O)NC2CCC(N)CC2)cc1. The fourth-order valence-corrected chi connectivity index (χ4v) is 4.90. The van der Waals surface area contributed by atoms with E-state index in [0.717, 1.165) is 31.2 Å². The molecule has 2 aromatic carbocycles. The molecule has 1 saturated heterocycles. The van der Waals surface area contributed by atoms with Crippen LogP contribution in [0.5, 0.6) is 5.75 Å². The summed E-state index contributed by atoms with van der Waals surface area (Å²) in [6, 6.07) is 12.2. The number of hydrogen-bond donors (Lipinski definition) is 3. The number of hydrogen-bond acceptors (Lipinski definition) is 5. The number of nitrogens with zero attached hydrogens (tertiary/aromatic N) is 2. The van der Waals surface area contributed by atoms with E-state index in [1.54, 1.807) is 37.4 Å². The predicted molar refractivity (Wildman–Crippen MR) is 137 cm³/mol. The first-order chi connectivity index (χ1) is 17.8. The second-order valence-corrected chi connectivity index (χ2v) is 9.59. The van der Waals surface area contributed by atoms with Crippen molar-refractivity contribution in [2.24, 2.45) is 5.73 Å². The maximum absolute atomic E-state index is 13.7. The minimum absolute atomic E-state index is 0.0686. The van der Waals surface area contributed by atoms with E-state index in [1.807, 2.05) is 0 Å². The van der Waals surface area contributed by atoms with E-state index >= 15 is 0 Å². The Kier molecular flexibility index (Phi) is 8.60. The molecule has 0 radical (unpaired) electrons. The van der Waals surface area contributed by atoms with Crippen molar-refractivity contribution in [1.29, 1.82) is 0 Å². The molecule has 10 heteroatoms. The number of nitrogens with one attached hydrogen (secondary N) is 2. The number of carbonyl (C=O) groups is 3. The van der Waals surface area contributed by atoms with E-state index in [2.05, 4.69) is 10.6 Å². The standard InChI is InChI=1S/C27H34FN5O4/c1-37-23-12-6-18(7-13-23)16-24(34)32-14-3-15-33(27(36)31-22-5-2-4-19(28)17-22)26(32)25(35)30-21-10-8-20(29)9-11-21/h2,4-7,12-13,17,20-21,26H,3,8-11,14-16,29H2,1H3,(H,30,35)(H,31,36). The molecule has 0 aromatic heterocycles. The van der Waals surface area contributed by atoms with E-state index in [1.165, 1.54) is 28.0 Å². The molecule has 0 bridgehead atoms. The van der Waals surface area contributed by atoms with Crippen LogP contribution < -0.4 is 21.1 Å². The van der Waals surface area contributed by atoms with Crippen molar-refractivity contribution in [3.8, 4) is 5.75 Å². The Morgan fingerprint density at radius 2 is 1.73 bits per heavy atom. The van der Waals surface area contributed by atoms with Crippen LogP contribution in [0.15, 0.2) is 48.5 Å². The molecule has 1 atom stereocenters. The van der Waals surface area contributed by atoms with Crippen LogP contribution in [0.2, 0.25) is 0 Å². The summed E-state index contributed by atoms with van der Waals surface area (Å²) in [6.45, 7) is 0.619. The smallest absolute Gasteiger partial charge is 0.323 e. The van der Waals surface area contributed by atoms with Crippen LogP contribution in [0, 0.1) is 5.82 Å². The van der Waals surface area contributed by atoms with Gasteiger partial charge >= 0.3 is 6.03 Å². The van der Waals surface area contributed by atoms with E-state index in [4.69, 9.17) is 10.5 Å². The maximum Gasteiger partial charge on any atom is 0.323 e. The van der Waals surface area contributed by atoms with Crippen LogP contribution in [-0.2, 0) is 16.0 Å². The molecule has 0 spiro atoms. The molecule has 9 nitrogen and oxygen atoms in total. The van der Waals surface area contributed by atoms with Gasteiger partial charge in [-0.3, -0.25) is 14.5 Å². The lowest BCUT2D eigenvalue weighted by atomic mass is 9.91. The first kappa shape index (κ1) is 26.4. The summed E-state index contributed by atoms with van der Waals surface area (Å²) < 4.78 is 18.9. The zero-order valence-corrected chi connectivity index (χ0v) is 21.0. The Morgan fingerprint density at radius 3 is 2.41 bits per heavy atom. The van der Waals surface area contributed by atoms with E-state index in [0.29, 0.717) is 18.7 Å². The highest BCUT2D eigenvalue weighted by atomic mass is 19.1. The summed E-state index contributed by atoms with van der Waals surface area (Å²) in [5, 5.41) is 5.71. The molecule has 2 fully saturated rings. The van der Waals surface area contributed by atoms with Gasteiger partial charge in [-0.15, -0.1) is 0 Å². The topological polar surface area (TPSA) is 117 Å². The third-order valence-corrected chi connectivity index (χ3v) is 6.91. The van der Waals surface area contributed by atoms with E-state index < -0.39 is 23.9 Å². The number of rotatable bonds is 6. The fraction of sp³-hybridized carbons (Fsp3) is 0.444. The van der Waals surface area contributed by atoms with Gasteiger partial charge in [-0.2, -0.15) is 0 Å². The highest BCUT2D eigenvalue weighted by molar-refractivity contribution is 5.96. The number of ether oxygens (including phenoxy) is 1. The van der Waals surface area contributed by atoms with E-state index in [9.17, 15) is 18.8 Å². The first-order valence-electron chi connectivity index (χ1n) is 12.7. The summed E-state index contributed by atoms with van der Waals surface area (Å²) in [5.41, 5.74) is 7.05. The second-order valence-electron chi connectivity index (χ2n) is 9.59. The minimum atomic E-state index is -1.12. The zero-order valence-electron chi connectivity index (χ0n) is 21.0. The number of urea groups is 1. The van der Waals surface area contributed by atoms with Crippen molar-refractivity contribution in [3.63, 3.8) is 0 Å². The molecule has 37 heavy (non-hydrogen) atoms. The van der Waals surface area contributed by atoms with Crippen LogP contribution in [0.25, 0.3) is 0 Å². The van der Waals surface area contributed by atoms with Crippen molar-refractivity contribution in [2.75, 3.05) is 25.5 Å². The molecule has 198 valence electrons. The molecule has 2 aromatic rings. The van der Waals surface area contributed by atoms with Gasteiger partial charge in [0.25, 0.3) is 5.91 Å². The summed E-state index contributed by atoms with van der Waals surface area (Å²) in [5.74, 6) is -0.478.